The van der Waals surface area contributed by atoms with Gasteiger partial charge in [-0.15, -0.1) is 10.2 Å². The summed E-state index contributed by atoms with van der Waals surface area (Å²) in [6.07, 6.45) is 4.37. The molecule has 0 N–H and O–H groups in total. The minimum Gasteiger partial charge on any atom is -0.448 e. The highest BCUT2D eigenvalue weighted by molar-refractivity contribution is 9.10. The van der Waals surface area contributed by atoms with Gasteiger partial charge in [0.15, 0.2) is 10.4 Å². The summed E-state index contributed by atoms with van der Waals surface area (Å²) in [7, 11) is 0. The minimum absolute atomic E-state index is 0.572. The number of hydrogen-bond acceptors (Lipinski definition) is 4. The topological polar surface area (TPSA) is 67.6 Å². The van der Waals surface area contributed by atoms with E-state index < -0.39 is 0 Å². The molecule has 2 aromatic heterocycles. The van der Waals surface area contributed by atoms with E-state index in [1.807, 2.05) is 6.07 Å². The predicted octanol–water partition coefficient (Wildman–Crippen LogP) is 2.05. The molecule has 0 saturated heterocycles. The summed E-state index contributed by atoms with van der Waals surface area (Å²) in [5, 5.41) is 16.0. The van der Waals surface area contributed by atoms with Gasteiger partial charge in [0, 0.05) is 6.08 Å². The fourth-order valence-corrected chi connectivity index (χ4v) is 1.42. The second-order valence-corrected chi connectivity index (χ2v) is 3.41. The molecule has 5 nitrogen and oxygen atoms in total. The van der Waals surface area contributed by atoms with Crippen molar-refractivity contribution in [2.75, 3.05) is 0 Å². The van der Waals surface area contributed by atoms with Gasteiger partial charge in [-0.25, -0.2) is 0 Å². The third-order valence-electron chi connectivity index (χ3n) is 1.72. The molecule has 0 aromatic carbocycles. The Morgan fingerprint density at radius 1 is 1.47 bits per heavy atom. The Kier molecular flexibility index (Phi) is 2.65. The first-order valence-corrected chi connectivity index (χ1v) is 4.81. The van der Waals surface area contributed by atoms with Crippen LogP contribution in [-0.2, 0) is 0 Å². The molecule has 2 aromatic rings. The number of halogens is 1. The maximum absolute atomic E-state index is 8.67. The zero-order valence-electron chi connectivity index (χ0n) is 7.46. The van der Waals surface area contributed by atoms with Crippen LogP contribution in [0.15, 0.2) is 40.0 Å². The first-order chi connectivity index (χ1) is 7.31. The first kappa shape index (κ1) is 9.68. The summed E-state index contributed by atoms with van der Waals surface area (Å²) < 4.78 is 7.55. The van der Waals surface area contributed by atoms with E-state index in [4.69, 9.17) is 9.68 Å². The Bertz CT molecular complexity index is 521. The lowest BCUT2D eigenvalue weighted by Gasteiger charge is -2.01. The van der Waals surface area contributed by atoms with Crippen LogP contribution < -0.4 is 0 Å². The summed E-state index contributed by atoms with van der Waals surface area (Å²) in [5.74, 6) is 0.572. The van der Waals surface area contributed by atoms with Crippen molar-refractivity contribution in [1.29, 1.82) is 5.26 Å². The monoisotopic (exact) mass is 264 g/mol. The maximum atomic E-state index is 8.67. The van der Waals surface area contributed by atoms with Crippen LogP contribution in [0.25, 0.3) is 5.70 Å². The van der Waals surface area contributed by atoms with Crippen molar-refractivity contribution in [2.24, 2.45) is 0 Å². The lowest BCUT2D eigenvalue weighted by Crippen LogP contribution is -1.94. The van der Waals surface area contributed by atoms with Gasteiger partial charge in [-0.05, 0) is 28.1 Å². The molecule has 0 amide bonds. The summed E-state index contributed by atoms with van der Waals surface area (Å²) in [6.45, 7) is 0. The zero-order chi connectivity index (χ0) is 10.7. The molecule has 0 bridgehead atoms. The van der Waals surface area contributed by atoms with Gasteiger partial charge in [-0.1, -0.05) is 0 Å². The molecule has 6 heteroatoms. The number of nitrogens with zero attached hydrogens (tertiary/aromatic N) is 4. The molecule has 15 heavy (non-hydrogen) atoms. The van der Waals surface area contributed by atoms with E-state index in [1.165, 1.54) is 18.7 Å². The molecule has 0 fully saturated rings. The highest BCUT2D eigenvalue weighted by atomic mass is 79.9. The molecule has 2 heterocycles. The molecule has 74 valence electrons. The van der Waals surface area contributed by atoms with Gasteiger partial charge in [0.2, 0.25) is 0 Å². The van der Waals surface area contributed by atoms with Crippen molar-refractivity contribution in [3.8, 4) is 6.07 Å². The molecule has 0 unspecified atom stereocenters. The maximum Gasteiger partial charge on any atom is 0.169 e. The lowest BCUT2D eigenvalue weighted by atomic mass is 10.3. The Hall–Kier alpha value is -1.87. The molecule has 2 rings (SSSR count). The number of aromatic nitrogens is 3. The molecule has 0 radical (unpaired) electrons. The van der Waals surface area contributed by atoms with E-state index in [9.17, 15) is 0 Å². The number of rotatable bonds is 2. The van der Waals surface area contributed by atoms with Crippen LogP contribution in [-0.4, -0.2) is 14.8 Å². The molecule has 0 saturated carbocycles. The molecule has 0 aliphatic heterocycles. The fourth-order valence-electron chi connectivity index (χ4n) is 1.11. The largest absolute Gasteiger partial charge is 0.448 e. The second-order valence-electron chi connectivity index (χ2n) is 2.63. The number of nitriles is 1. The average Bonchev–Trinajstić information content (AvgIpc) is 2.85. The number of furan rings is 1. The summed E-state index contributed by atoms with van der Waals surface area (Å²) >= 11 is 3.20. The SMILES string of the molecule is N#C/C=C(/c1ccc(Br)o1)n1cnnc1. The fraction of sp³-hybridized carbons (Fsp3) is 0. The minimum atomic E-state index is 0.572. The quantitative estimate of drug-likeness (QED) is 0.779. The van der Waals surface area contributed by atoms with E-state index in [0.29, 0.717) is 16.1 Å². The first-order valence-electron chi connectivity index (χ1n) is 4.02. The average molecular weight is 265 g/mol. The highest BCUT2D eigenvalue weighted by Crippen LogP contribution is 2.22. The predicted molar refractivity (Wildman–Crippen MR) is 55.4 cm³/mol. The molecule has 0 aliphatic carbocycles. The lowest BCUT2D eigenvalue weighted by molar-refractivity contribution is 0.524. The second kappa shape index (κ2) is 4.11. The van der Waals surface area contributed by atoms with Crippen molar-refractivity contribution < 1.29 is 4.42 Å². The van der Waals surface area contributed by atoms with E-state index in [0.717, 1.165) is 0 Å². The third-order valence-corrected chi connectivity index (χ3v) is 2.15. The van der Waals surface area contributed by atoms with Gasteiger partial charge in [-0.3, -0.25) is 4.57 Å². The molecule has 0 aliphatic rings. The number of hydrogen-bond donors (Lipinski definition) is 0. The van der Waals surface area contributed by atoms with Crippen LogP contribution in [0.1, 0.15) is 5.76 Å². The van der Waals surface area contributed by atoms with Gasteiger partial charge in [0.25, 0.3) is 0 Å². The van der Waals surface area contributed by atoms with Crippen LogP contribution >= 0.6 is 15.9 Å². The normalized spacial score (nSPS) is 11.3. The zero-order valence-corrected chi connectivity index (χ0v) is 9.05. The molecular weight excluding hydrogens is 260 g/mol. The Morgan fingerprint density at radius 3 is 2.73 bits per heavy atom. The van der Waals surface area contributed by atoms with Crippen LogP contribution in [0.3, 0.4) is 0 Å². The molecule has 0 atom stereocenters. The van der Waals surface area contributed by atoms with Crippen molar-refractivity contribution in [2.45, 2.75) is 0 Å². The van der Waals surface area contributed by atoms with Crippen LogP contribution in [0.2, 0.25) is 0 Å². The summed E-state index contributed by atoms with van der Waals surface area (Å²) in [6, 6.07) is 5.46. The Labute approximate surface area is 93.8 Å². The van der Waals surface area contributed by atoms with Gasteiger partial charge in [-0.2, -0.15) is 5.26 Å². The van der Waals surface area contributed by atoms with Crippen molar-refractivity contribution >= 4 is 21.6 Å². The van der Waals surface area contributed by atoms with E-state index >= 15 is 0 Å². The number of allylic oxidation sites excluding steroid dienone is 1. The van der Waals surface area contributed by atoms with E-state index in [-0.39, 0.29) is 0 Å². The smallest absolute Gasteiger partial charge is 0.169 e. The Morgan fingerprint density at radius 2 is 2.20 bits per heavy atom. The molecular formula is C9H5BrN4O. The van der Waals surface area contributed by atoms with Crippen LogP contribution in [0, 0.1) is 11.3 Å². The van der Waals surface area contributed by atoms with Gasteiger partial charge < -0.3 is 4.42 Å². The summed E-state index contributed by atoms with van der Waals surface area (Å²) in [5.41, 5.74) is 0.591. The van der Waals surface area contributed by atoms with E-state index in [1.54, 1.807) is 16.7 Å². The van der Waals surface area contributed by atoms with Crippen LogP contribution in [0.5, 0.6) is 0 Å². The van der Waals surface area contributed by atoms with Crippen molar-refractivity contribution in [3.63, 3.8) is 0 Å². The van der Waals surface area contributed by atoms with Gasteiger partial charge in [0.1, 0.15) is 18.4 Å². The van der Waals surface area contributed by atoms with Crippen molar-refractivity contribution in [1.82, 2.24) is 14.8 Å². The van der Waals surface area contributed by atoms with Gasteiger partial charge in [0.05, 0.1) is 6.07 Å². The van der Waals surface area contributed by atoms with Gasteiger partial charge >= 0.3 is 0 Å². The highest BCUT2D eigenvalue weighted by Gasteiger charge is 2.08. The third kappa shape index (κ3) is 1.97. The molecule has 0 spiro atoms. The van der Waals surface area contributed by atoms with Crippen LogP contribution in [0.4, 0.5) is 0 Å². The van der Waals surface area contributed by atoms with E-state index in [2.05, 4.69) is 26.1 Å². The van der Waals surface area contributed by atoms with Crippen molar-refractivity contribution in [3.05, 3.63) is 41.3 Å². The Balaban J connectivity index is 2.47. The standard InChI is InChI=1S/C9H5BrN4O/c10-9-2-1-8(15-9)7(3-4-11)14-5-12-13-6-14/h1-3,5-6H/b7-3-. The summed E-state index contributed by atoms with van der Waals surface area (Å²) in [4.78, 5) is 0.